The van der Waals surface area contributed by atoms with Crippen molar-refractivity contribution in [1.29, 1.82) is 0 Å². The highest BCUT2D eigenvalue weighted by molar-refractivity contribution is 5.83. The van der Waals surface area contributed by atoms with E-state index in [1.165, 1.54) is 5.32 Å². The molecule has 0 aromatic carbocycles. The molecule has 6 nitrogen and oxygen atoms in total. The van der Waals surface area contributed by atoms with E-state index in [9.17, 15) is 14.4 Å². The quantitative estimate of drug-likeness (QED) is 0.511. The van der Waals surface area contributed by atoms with Crippen LogP contribution in [0.1, 0.15) is 26.5 Å². The van der Waals surface area contributed by atoms with E-state index in [0.717, 1.165) is 6.92 Å². The van der Waals surface area contributed by atoms with E-state index >= 15 is 0 Å². The first-order valence-electron chi connectivity index (χ1n) is 5.62. The highest BCUT2D eigenvalue weighted by Crippen LogP contribution is 1.96. The molecular weight excluding hydrogens is 176 g/mol. The number of aliphatic carboxylic acids is 1. The number of carboxylic acids is 1. The third-order valence-electron chi connectivity index (χ3n) is 0.826. The van der Waals surface area contributed by atoms with Crippen LogP contribution in [0.5, 0.6) is 0 Å². The van der Waals surface area contributed by atoms with Gasteiger partial charge in [-0.05, 0) is 6.37 Å². The molecule has 0 rings (SSSR count). The molecule has 0 aliphatic heterocycles. The van der Waals surface area contributed by atoms with Gasteiger partial charge in [0.15, 0.2) is 0 Å². The van der Waals surface area contributed by atoms with E-state index in [1.54, 1.807) is 0 Å². The molecule has 0 aliphatic rings. The largest absolute Gasteiger partial charge is 0.480 e. The molecule has 0 radical (unpaired) electrons. The van der Waals surface area contributed by atoms with Crippen molar-refractivity contribution in [3.8, 4) is 0 Å². The van der Waals surface area contributed by atoms with E-state index < -0.39 is 36.5 Å². The summed E-state index contributed by atoms with van der Waals surface area (Å²) in [7, 11) is 0. The fourth-order valence-corrected chi connectivity index (χ4v) is 0.438. The Balaban J connectivity index is 5.84. The third kappa shape index (κ3) is 5.66. The van der Waals surface area contributed by atoms with Gasteiger partial charge in [-0.3, -0.25) is 9.59 Å². The smallest absolute Gasteiger partial charge is 0.326 e. The number of nitrogens with one attached hydrogen (secondary N) is 1. The predicted molar refractivity (Wildman–Crippen MR) is 43.7 cm³/mol. The van der Waals surface area contributed by atoms with E-state index in [0.29, 0.717) is 0 Å². The number of carbonyl (C=O) groups is 3. The van der Waals surface area contributed by atoms with Crippen LogP contribution in [0, 0.1) is 0 Å². The van der Waals surface area contributed by atoms with E-state index in [-0.39, 0.29) is 0 Å². The molecule has 0 aromatic heterocycles. The second kappa shape index (κ2) is 5.13. The maximum absolute atomic E-state index is 10.9. The van der Waals surface area contributed by atoms with Gasteiger partial charge < -0.3 is 16.2 Å². The van der Waals surface area contributed by atoms with Crippen LogP contribution in [-0.2, 0) is 14.4 Å². The average molecular weight is 193 g/mol. The predicted octanol–water partition coefficient (Wildman–Crippen LogP) is -1.16. The minimum atomic E-state index is -3.58. The lowest BCUT2D eigenvalue weighted by molar-refractivity contribution is -0.141. The summed E-state index contributed by atoms with van der Waals surface area (Å²) < 4.78 is 36.4. The lowest BCUT2D eigenvalue weighted by atomic mass is 10.1. The van der Waals surface area contributed by atoms with Gasteiger partial charge in [-0.2, -0.15) is 0 Å². The van der Waals surface area contributed by atoms with Crippen molar-refractivity contribution in [3.63, 3.8) is 0 Å². The zero-order chi connectivity index (χ0) is 14.9. The van der Waals surface area contributed by atoms with Crippen LogP contribution < -0.4 is 11.1 Å². The molecule has 1 atom stereocenters. The minimum absolute atomic E-state index is 0.822. The standard InChI is InChI=1S/C7H12N2O4/c1-4(10)9-5(7(12)13)2-3-6(8)11/h5H,2-3H2,1H3,(H2,8,11)(H,9,10)(H,12,13)/t5-/m1/s1/i2D2,3D2,5D. The molecule has 4 N–H and O–H groups in total. The highest BCUT2D eigenvalue weighted by Gasteiger charge is 2.18. The van der Waals surface area contributed by atoms with E-state index in [2.05, 4.69) is 5.73 Å². The van der Waals surface area contributed by atoms with Gasteiger partial charge in [0, 0.05) is 18.8 Å². The number of primary amides is 1. The molecule has 6 heteroatoms. The Morgan fingerprint density at radius 1 is 1.69 bits per heavy atom. The molecular formula is C7H12N2O4. The van der Waals surface area contributed by atoms with Crippen molar-refractivity contribution in [1.82, 2.24) is 5.32 Å². The van der Waals surface area contributed by atoms with E-state index in [1.807, 2.05) is 0 Å². The van der Waals surface area contributed by atoms with Crippen LogP contribution in [0.4, 0.5) is 0 Å². The first kappa shape index (κ1) is 5.21. The summed E-state index contributed by atoms with van der Waals surface area (Å²) in [5.41, 5.74) is 4.64. The molecule has 2 amide bonds. The second-order valence-corrected chi connectivity index (χ2v) is 1.98. The van der Waals surface area contributed by atoms with Gasteiger partial charge in [-0.1, -0.05) is 0 Å². The van der Waals surface area contributed by atoms with Crippen molar-refractivity contribution >= 4 is 17.8 Å². The Labute approximate surface area is 82.1 Å². The molecule has 0 aromatic rings. The fourth-order valence-electron chi connectivity index (χ4n) is 0.438. The van der Waals surface area contributed by atoms with Crippen molar-refractivity contribution in [3.05, 3.63) is 0 Å². The summed E-state index contributed by atoms with van der Waals surface area (Å²) in [6.07, 6.45) is -7.04. The lowest BCUT2D eigenvalue weighted by Gasteiger charge is -2.11. The Bertz CT molecular complexity index is 399. The molecule has 0 unspecified atom stereocenters. The van der Waals surface area contributed by atoms with Gasteiger partial charge in [-0.15, -0.1) is 0 Å². The molecule has 0 saturated carbocycles. The lowest BCUT2D eigenvalue weighted by Crippen LogP contribution is -2.40. The Kier molecular flexibility index (Phi) is 2.05. The van der Waals surface area contributed by atoms with Crippen LogP contribution in [0.15, 0.2) is 0 Å². The summed E-state index contributed by atoms with van der Waals surface area (Å²) in [5, 5.41) is 10.3. The van der Waals surface area contributed by atoms with Crippen LogP contribution in [0.25, 0.3) is 0 Å². The zero-order valence-corrected chi connectivity index (χ0v) is 6.75. The number of rotatable bonds is 5. The highest BCUT2D eigenvalue weighted by atomic mass is 16.4. The molecule has 0 fully saturated rings. The second-order valence-electron chi connectivity index (χ2n) is 1.98. The van der Waals surface area contributed by atoms with Gasteiger partial charge >= 0.3 is 5.97 Å². The van der Waals surface area contributed by atoms with Crippen molar-refractivity contribution < 1.29 is 26.3 Å². The summed E-state index contributed by atoms with van der Waals surface area (Å²) in [4.78, 5) is 32.6. The summed E-state index contributed by atoms with van der Waals surface area (Å²) in [6.45, 7) is 0.822. The third-order valence-corrected chi connectivity index (χ3v) is 0.826. The van der Waals surface area contributed by atoms with Crippen LogP contribution in [0.2, 0.25) is 0 Å². The maximum atomic E-state index is 10.9. The molecule has 0 bridgehead atoms. The topological polar surface area (TPSA) is 109 Å². The summed E-state index contributed by atoms with van der Waals surface area (Å²) >= 11 is 0. The minimum Gasteiger partial charge on any atom is -0.480 e. The number of carboxylic acid groups (broad SMARTS) is 1. The van der Waals surface area contributed by atoms with Gasteiger partial charge in [0.2, 0.25) is 11.8 Å². The Morgan fingerprint density at radius 2 is 2.23 bits per heavy atom. The van der Waals surface area contributed by atoms with Crippen molar-refractivity contribution in [2.24, 2.45) is 5.73 Å². The van der Waals surface area contributed by atoms with Crippen LogP contribution >= 0.6 is 0 Å². The van der Waals surface area contributed by atoms with Crippen molar-refractivity contribution in [2.75, 3.05) is 0 Å². The molecule has 0 saturated heterocycles. The number of hydrogen-bond acceptors (Lipinski definition) is 3. The summed E-state index contributed by atoms with van der Waals surface area (Å²) in [5.74, 6) is -5.01. The molecule has 74 valence electrons. The Morgan fingerprint density at radius 3 is 2.54 bits per heavy atom. The first-order valence-corrected chi connectivity index (χ1v) is 3.12. The fraction of sp³-hybridized carbons (Fsp3) is 0.571. The van der Waals surface area contributed by atoms with Crippen LogP contribution in [0.3, 0.4) is 0 Å². The zero-order valence-electron chi connectivity index (χ0n) is 11.7. The van der Waals surface area contributed by atoms with Gasteiger partial charge in [0.1, 0.15) is 6.02 Å². The molecule has 0 aliphatic carbocycles. The number of amides is 2. The van der Waals surface area contributed by atoms with Gasteiger partial charge in [-0.25, -0.2) is 4.79 Å². The van der Waals surface area contributed by atoms with Gasteiger partial charge in [0.25, 0.3) is 0 Å². The molecule has 0 heterocycles. The monoisotopic (exact) mass is 193 g/mol. The number of hydrogen-bond donors (Lipinski definition) is 3. The van der Waals surface area contributed by atoms with E-state index in [4.69, 9.17) is 12.0 Å². The Hall–Kier alpha value is -1.59. The SMILES string of the molecule is [2H]C([2H])(C(N)=O)C([2H])([2H])[C@@]([2H])(NC(C)=O)C(=O)O. The normalized spacial score (nSPS) is 22.1. The maximum Gasteiger partial charge on any atom is 0.326 e. The van der Waals surface area contributed by atoms with Gasteiger partial charge in [0.05, 0.1) is 1.37 Å². The summed E-state index contributed by atoms with van der Waals surface area (Å²) in [6, 6.07) is -3.39. The number of nitrogens with two attached hydrogens (primary N) is 1. The average Bonchev–Trinajstić information content (AvgIpc) is 2.15. The number of carbonyl (C=O) groups excluding carboxylic acids is 2. The molecule has 0 spiro atoms. The molecule has 13 heavy (non-hydrogen) atoms. The first-order chi connectivity index (χ1) is 7.80. The van der Waals surface area contributed by atoms with Crippen molar-refractivity contribution in [2.45, 2.75) is 25.7 Å². The van der Waals surface area contributed by atoms with Crippen LogP contribution in [-0.4, -0.2) is 28.9 Å².